The highest BCUT2D eigenvalue weighted by molar-refractivity contribution is 8.00. The third kappa shape index (κ3) is 5.11. The van der Waals surface area contributed by atoms with Gasteiger partial charge in [0.15, 0.2) is 0 Å². The number of tetrazole rings is 1. The number of halogens is 1. The normalized spacial score (nSPS) is 14.4. The zero-order valence-corrected chi connectivity index (χ0v) is 16.6. The largest absolute Gasteiger partial charge is 0.489 e. The Hall–Kier alpha value is -2.94. The number of amides is 1. The lowest BCUT2D eigenvalue weighted by Gasteiger charge is -2.13. The van der Waals surface area contributed by atoms with Crippen LogP contribution in [0.4, 0.5) is 10.1 Å². The van der Waals surface area contributed by atoms with Gasteiger partial charge in [-0.1, -0.05) is 30.0 Å². The second-order valence-electron chi connectivity index (χ2n) is 6.83. The number of anilines is 1. The summed E-state index contributed by atoms with van der Waals surface area (Å²) in [6.45, 7) is 2.06. The molecule has 1 heterocycles. The van der Waals surface area contributed by atoms with E-state index in [4.69, 9.17) is 4.74 Å². The van der Waals surface area contributed by atoms with Crippen LogP contribution in [0.5, 0.6) is 5.75 Å². The van der Waals surface area contributed by atoms with Gasteiger partial charge in [-0.3, -0.25) is 4.79 Å². The fourth-order valence-electron chi connectivity index (χ4n) is 2.72. The molecule has 0 radical (unpaired) electrons. The Morgan fingerprint density at radius 2 is 2.14 bits per heavy atom. The van der Waals surface area contributed by atoms with Crippen LogP contribution in [0.3, 0.4) is 0 Å². The average Bonchev–Trinajstić information content (AvgIpc) is 3.45. The topological polar surface area (TPSA) is 81.9 Å². The molecule has 1 aliphatic rings. The van der Waals surface area contributed by atoms with Crippen LogP contribution in [0.1, 0.15) is 31.4 Å². The number of rotatable bonds is 8. The van der Waals surface area contributed by atoms with E-state index in [0.717, 1.165) is 18.4 Å². The number of nitrogens with zero attached hydrogens (tertiary/aromatic N) is 4. The Morgan fingerprint density at radius 3 is 2.93 bits per heavy atom. The van der Waals surface area contributed by atoms with E-state index in [2.05, 4.69) is 20.8 Å². The van der Waals surface area contributed by atoms with E-state index in [-0.39, 0.29) is 23.6 Å². The van der Waals surface area contributed by atoms with Gasteiger partial charge in [0.25, 0.3) is 0 Å². The van der Waals surface area contributed by atoms with Crippen molar-refractivity contribution in [1.82, 2.24) is 20.2 Å². The van der Waals surface area contributed by atoms with Crippen LogP contribution in [0.2, 0.25) is 0 Å². The van der Waals surface area contributed by atoms with E-state index in [1.807, 2.05) is 6.92 Å². The number of hydrogen-bond donors (Lipinski definition) is 1. The van der Waals surface area contributed by atoms with E-state index in [0.29, 0.717) is 22.6 Å². The van der Waals surface area contributed by atoms with Gasteiger partial charge >= 0.3 is 0 Å². The van der Waals surface area contributed by atoms with Gasteiger partial charge in [0.05, 0.1) is 11.3 Å². The Bertz CT molecular complexity index is 1010. The summed E-state index contributed by atoms with van der Waals surface area (Å²) in [7, 11) is 0. The lowest BCUT2D eigenvalue weighted by Crippen LogP contribution is -2.23. The first-order valence-electron chi connectivity index (χ1n) is 9.31. The molecule has 0 aliphatic heterocycles. The Morgan fingerprint density at radius 1 is 1.31 bits per heavy atom. The predicted molar refractivity (Wildman–Crippen MR) is 107 cm³/mol. The van der Waals surface area contributed by atoms with Crippen molar-refractivity contribution in [3.05, 3.63) is 59.9 Å². The smallest absolute Gasteiger partial charge is 0.237 e. The maximum Gasteiger partial charge on any atom is 0.237 e. The van der Waals surface area contributed by atoms with Gasteiger partial charge in [0.2, 0.25) is 11.1 Å². The molecule has 4 rings (SSSR count). The third-order valence-electron chi connectivity index (χ3n) is 4.40. The Kier molecular flexibility index (Phi) is 5.75. The van der Waals surface area contributed by atoms with Gasteiger partial charge in [-0.05, 0) is 60.0 Å². The predicted octanol–water partition coefficient (Wildman–Crippen LogP) is 3.85. The maximum atomic E-state index is 13.3. The van der Waals surface area contributed by atoms with Crippen molar-refractivity contribution in [3.63, 3.8) is 0 Å². The number of carbonyl (C=O) groups excluding carboxylic acids is 1. The summed E-state index contributed by atoms with van der Waals surface area (Å²) < 4.78 is 20.8. The minimum Gasteiger partial charge on any atom is -0.489 e. The van der Waals surface area contributed by atoms with Crippen LogP contribution in [0, 0.1) is 5.82 Å². The zero-order valence-electron chi connectivity index (χ0n) is 15.8. The lowest BCUT2D eigenvalue weighted by atomic mass is 10.2. The van der Waals surface area contributed by atoms with Crippen LogP contribution < -0.4 is 10.1 Å². The van der Waals surface area contributed by atoms with Crippen molar-refractivity contribution >= 4 is 23.4 Å². The third-order valence-corrected chi connectivity index (χ3v) is 5.45. The second kappa shape index (κ2) is 8.60. The highest BCUT2D eigenvalue weighted by Crippen LogP contribution is 2.37. The second-order valence-corrected chi connectivity index (χ2v) is 8.14. The molecule has 0 bridgehead atoms. The molecule has 1 N–H and O–H groups in total. The molecule has 7 nitrogen and oxygen atoms in total. The quantitative estimate of drug-likeness (QED) is 0.565. The lowest BCUT2D eigenvalue weighted by molar-refractivity contribution is -0.115. The van der Waals surface area contributed by atoms with Crippen molar-refractivity contribution in [2.45, 2.75) is 42.8 Å². The molecule has 150 valence electrons. The molecule has 1 aromatic heterocycles. The highest BCUT2D eigenvalue weighted by Gasteiger charge is 2.29. The summed E-state index contributed by atoms with van der Waals surface area (Å²) >= 11 is 1.33. The molecule has 1 saturated carbocycles. The summed E-state index contributed by atoms with van der Waals surface area (Å²) in [6, 6.07) is 13.7. The van der Waals surface area contributed by atoms with Crippen molar-refractivity contribution in [2.75, 3.05) is 5.32 Å². The fourth-order valence-corrected chi connectivity index (χ4v) is 3.58. The van der Waals surface area contributed by atoms with E-state index in [1.54, 1.807) is 41.1 Å². The Labute approximate surface area is 171 Å². The highest BCUT2D eigenvalue weighted by atomic mass is 32.2. The van der Waals surface area contributed by atoms with Gasteiger partial charge < -0.3 is 10.1 Å². The Balaban J connectivity index is 1.34. The van der Waals surface area contributed by atoms with Crippen LogP contribution in [-0.4, -0.2) is 31.4 Å². The molecule has 1 aliphatic carbocycles. The number of ether oxygens (including phenoxy) is 1. The van der Waals surface area contributed by atoms with Gasteiger partial charge in [-0.2, -0.15) is 0 Å². The fraction of sp³-hybridized carbons (Fsp3) is 0.300. The van der Waals surface area contributed by atoms with Gasteiger partial charge in [0.1, 0.15) is 18.2 Å². The summed E-state index contributed by atoms with van der Waals surface area (Å²) in [4.78, 5) is 12.6. The summed E-state index contributed by atoms with van der Waals surface area (Å²) in [6.07, 6.45) is 2.14. The van der Waals surface area contributed by atoms with Crippen LogP contribution in [0.15, 0.2) is 53.7 Å². The van der Waals surface area contributed by atoms with Crippen LogP contribution in [-0.2, 0) is 11.4 Å². The molecular formula is C20H20FN5O2S. The first kappa shape index (κ1) is 19.4. The summed E-state index contributed by atoms with van der Waals surface area (Å²) in [5.41, 5.74) is 1.36. The number of carbonyl (C=O) groups is 1. The molecule has 9 heteroatoms. The van der Waals surface area contributed by atoms with Crippen LogP contribution >= 0.6 is 11.8 Å². The molecule has 1 atom stereocenters. The number of thioether (sulfide) groups is 1. The van der Waals surface area contributed by atoms with E-state index in [9.17, 15) is 9.18 Å². The van der Waals surface area contributed by atoms with Crippen LogP contribution in [0.25, 0.3) is 0 Å². The SMILES string of the molecule is CC(Sc1nnnn1C1CC1)C(=O)Nc1cccc(OCc2cccc(F)c2)c1. The van der Waals surface area contributed by atoms with E-state index < -0.39 is 0 Å². The zero-order chi connectivity index (χ0) is 20.2. The number of nitrogens with one attached hydrogen (secondary N) is 1. The van der Waals surface area contributed by atoms with Gasteiger partial charge in [0, 0.05) is 11.8 Å². The van der Waals surface area contributed by atoms with E-state index in [1.165, 1.54) is 23.9 Å². The van der Waals surface area contributed by atoms with E-state index >= 15 is 0 Å². The maximum absolute atomic E-state index is 13.3. The van der Waals surface area contributed by atoms with Gasteiger partial charge in [-0.15, -0.1) is 5.10 Å². The standard InChI is InChI=1S/C20H20FN5O2S/c1-13(29-20-23-24-25-26(20)17-8-9-17)19(27)22-16-6-3-7-18(11-16)28-12-14-4-2-5-15(21)10-14/h2-7,10-11,13,17H,8-9,12H2,1H3,(H,22,27). The molecule has 3 aromatic rings. The molecular weight excluding hydrogens is 393 g/mol. The van der Waals surface area contributed by atoms with Crippen molar-refractivity contribution < 1.29 is 13.9 Å². The minimum atomic E-state index is -0.365. The molecule has 1 fully saturated rings. The molecule has 29 heavy (non-hydrogen) atoms. The first-order valence-corrected chi connectivity index (χ1v) is 10.2. The minimum absolute atomic E-state index is 0.150. The molecule has 0 saturated heterocycles. The summed E-state index contributed by atoms with van der Waals surface area (Å²) in [5.74, 6) is 0.138. The molecule has 1 amide bonds. The monoisotopic (exact) mass is 413 g/mol. The molecule has 1 unspecified atom stereocenters. The average molecular weight is 413 g/mol. The first-order chi connectivity index (χ1) is 14.1. The summed E-state index contributed by atoms with van der Waals surface area (Å²) in [5, 5.41) is 14.9. The van der Waals surface area contributed by atoms with Crippen molar-refractivity contribution in [1.29, 1.82) is 0 Å². The van der Waals surface area contributed by atoms with Gasteiger partial charge in [-0.25, -0.2) is 9.07 Å². The van der Waals surface area contributed by atoms with Crippen molar-refractivity contribution in [2.24, 2.45) is 0 Å². The number of benzene rings is 2. The number of aromatic nitrogens is 4. The molecule has 2 aromatic carbocycles. The number of hydrogen-bond acceptors (Lipinski definition) is 6. The molecule has 0 spiro atoms. The van der Waals surface area contributed by atoms with Crippen molar-refractivity contribution in [3.8, 4) is 5.75 Å².